The van der Waals surface area contributed by atoms with Crippen molar-refractivity contribution in [1.29, 1.82) is 0 Å². The second-order valence-electron chi connectivity index (χ2n) is 9.34. The highest BCUT2D eigenvalue weighted by molar-refractivity contribution is 5.94. The molecule has 192 valence electrons. The lowest BCUT2D eigenvalue weighted by Gasteiger charge is -2.34. The predicted octanol–water partition coefficient (Wildman–Crippen LogP) is 3.92. The number of aromatic nitrogens is 2. The minimum absolute atomic E-state index is 0.0753. The number of ether oxygens (including phenoxy) is 2. The topological polar surface area (TPSA) is 71.9 Å². The van der Waals surface area contributed by atoms with Crippen LogP contribution in [0.5, 0.6) is 11.5 Å². The molecule has 37 heavy (non-hydrogen) atoms. The maximum absolute atomic E-state index is 12.4. The highest BCUT2D eigenvalue weighted by Gasteiger charge is 2.19. The van der Waals surface area contributed by atoms with Gasteiger partial charge in [0, 0.05) is 45.5 Å². The van der Waals surface area contributed by atoms with Gasteiger partial charge in [-0.15, -0.1) is 0 Å². The second-order valence-corrected chi connectivity index (χ2v) is 9.34. The molecule has 8 heteroatoms. The van der Waals surface area contributed by atoms with Gasteiger partial charge in [-0.2, -0.15) is 0 Å². The highest BCUT2D eigenvalue weighted by atomic mass is 16.5. The first-order valence-corrected chi connectivity index (χ1v) is 12.6. The molecule has 3 aromatic carbocycles. The van der Waals surface area contributed by atoms with Gasteiger partial charge in [0.25, 0.3) is 5.91 Å². The normalized spacial score (nSPS) is 14.5. The molecule has 8 nitrogen and oxygen atoms in total. The van der Waals surface area contributed by atoms with Crippen molar-refractivity contribution in [3.05, 3.63) is 84.2 Å². The zero-order chi connectivity index (χ0) is 25.6. The minimum atomic E-state index is -0.223. The fraction of sp³-hybridized carbons (Fsp3) is 0.310. The summed E-state index contributed by atoms with van der Waals surface area (Å²) in [5.41, 5.74) is 3.98. The van der Waals surface area contributed by atoms with Gasteiger partial charge in [-0.1, -0.05) is 30.3 Å². The van der Waals surface area contributed by atoms with Crippen LogP contribution in [0.25, 0.3) is 11.0 Å². The van der Waals surface area contributed by atoms with Crippen molar-refractivity contribution in [2.75, 3.05) is 45.2 Å². The fourth-order valence-electron chi connectivity index (χ4n) is 4.63. The molecule has 0 radical (unpaired) electrons. The van der Waals surface area contributed by atoms with E-state index in [4.69, 9.17) is 14.5 Å². The van der Waals surface area contributed by atoms with Gasteiger partial charge in [-0.3, -0.25) is 14.6 Å². The molecule has 1 amide bonds. The van der Waals surface area contributed by atoms with Crippen LogP contribution in [0.4, 0.5) is 5.69 Å². The number of hydrogen-bond acceptors (Lipinski definition) is 6. The first-order valence-electron chi connectivity index (χ1n) is 12.6. The Hall–Kier alpha value is -3.88. The largest absolute Gasteiger partial charge is 0.497 e. The van der Waals surface area contributed by atoms with Crippen LogP contribution < -0.4 is 14.8 Å². The van der Waals surface area contributed by atoms with Crippen molar-refractivity contribution >= 4 is 22.6 Å². The number of hydrogen-bond donors (Lipinski definition) is 1. The number of imidazole rings is 1. The molecule has 4 aromatic rings. The van der Waals surface area contributed by atoms with Crippen LogP contribution in [-0.4, -0.2) is 65.2 Å². The zero-order valence-corrected chi connectivity index (χ0v) is 21.4. The molecule has 1 aromatic heterocycles. The average molecular weight is 500 g/mol. The molecule has 0 saturated carbocycles. The molecule has 1 aliphatic heterocycles. The third kappa shape index (κ3) is 6.28. The van der Waals surface area contributed by atoms with Crippen molar-refractivity contribution in [2.45, 2.75) is 13.1 Å². The van der Waals surface area contributed by atoms with E-state index < -0.39 is 0 Å². The van der Waals surface area contributed by atoms with E-state index in [-0.39, 0.29) is 12.5 Å². The fourth-order valence-corrected chi connectivity index (χ4v) is 4.63. The number of rotatable bonds is 9. The summed E-state index contributed by atoms with van der Waals surface area (Å²) in [5.74, 6) is 2.16. The Morgan fingerprint density at radius 3 is 2.27 bits per heavy atom. The molecule has 1 fully saturated rings. The summed E-state index contributed by atoms with van der Waals surface area (Å²) in [6, 6.07) is 23.6. The third-order valence-electron chi connectivity index (χ3n) is 6.77. The van der Waals surface area contributed by atoms with Crippen molar-refractivity contribution in [2.24, 2.45) is 7.05 Å². The summed E-state index contributed by atoms with van der Waals surface area (Å²) in [7, 11) is 3.66. The maximum atomic E-state index is 12.4. The van der Waals surface area contributed by atoms with Crippen molar-refractivity contribution in [3.8, 4) is 11.5 Å². The summed E-state index contributed by atoms with van der Waals surface area (Å²) >= 11 is 0. The van der Waals surface area contributed by atoms with Gasteiger partial charge in [-0.25, -0.2) is 4.98 Å². The molecule has 2 heterocycles. The molecular weight excluding hydrogens is 466 g/mol. The van der Waals surface area contributed by atoms with Gasteiger partial charge in [-0.05, 0) is 48.0 Å². The van der Waals surface area contributed by atoms with Crippen LogP contribution in [0.15, 0.2) is 72.8 Å². The summed E-state index contributed by atoms with van der Waals surface area (Å²) < 4.78 is 12.9. The van der Waals surface area contributed by atoms with E-state index in [1.807, 2.05) is 18.2 Å². The van der Waals surface area contributed by atoms with E-state index in [9.17, 15) is 4.79 Å². The van der Waals surface area contributed by atoms with Crippen LogP contribution in [0.2, 0.25) is 0 Å². The Morgan fingerprint density at radius 1 is 0.892 bits per heavy atom. The zero-order valence-electron chi connectivity index (χ0n) is 21.4. The SMILES string of the molecule is COc1ccc(OCC(=O)Nc2ccc3c(c2)nc(CN2CCN(Cc4ccccc4)CC2)n3C)cc1. The Balaban J connectivity index is 1.14. The van der Waals surface area contributed by atoms with Crippen LogP contribution in [0.3, 0.4) is 0 Å². The standard InChI is InChI=1S/C29H33N5O3/c1-32-27-13-8-23(30-29(35)21-37-25-11-9-24(36-2)10-12-25)18-26(27)31-28(32)20-34-16-14-33(15-17-34)19-22-6-4-3-5-7-22/h3-13,18H,14-17,19-21H2,1-2H3,(H,30,35). The van der Waals surface area contributed by atoms with Crippen LogP contribution >= 0.6 is 0 Å². The van der Waals surface area contributed by atoms with E-state index in [1.54, 1.807) is 31.4 Å². The van der Waals surface area contributed by atoms with Gasteiger partial charge < -0.3 is 19.4 Å². The van der Waals surface area contributed by atoms with Crippen molar-refractivity contribution in [3.63, 3.8) is 0 Å². The van der Waals surface area contributed by atoms with Crippen molar-refractivity contribution in [1.82, 2.24) is 19.4 Å². The van der Waals surface area contributed by atoms with E-state index in [0.29, 0.717) is 11.4 Å². The molecule has 5 rings (SSSR count). The number of piperazine rings is 1. The number of carbonyl (C=O) groups is 1. The number of nitrogens with zero attached hydrogens (tertiary/aromatic N) is 4. The molecule has 1 N–H and O–H groups in total. The van der Waals surface area contributed by atoms with E-state index in [1.165, 1.54) is 5.56 Å². The number of aryl methyl sites for hydroxylation is 1. The Labute approximate surface area is 217 Å². The lowest BCUT2D eigenvalue weighted by molar-refractivity contribution is -0.118. The van der Waals surface area contributed by atoms with E-state index >= 15 is 0 Å². The number of nitrogens with one attached hydrogen (secondary N) is 1. The smallest absolute Gasteiger partial charge is 0.262 e. The van der Waals surface area contributed by atoms with Gasteiger partial charge in [0.1, 0.15) is 17.3 Å². The predicted molar refractivity (Wildman–Crippen MR) is 145 cm³/mol. The summed E-state index contributed by atoms with van der Waals surface area (Å²) in [4.78, 5) is 22.3. The quantitative estimate of drug-likeness (QED) is 0.377. The molecular formula is C29H33N5O3. The van der Waals surface area contributed by atoms with Gasteiger partial charge in [0.15, 0.2) is 6.61 Å². The second kappa shape index (κ2) is 11.5. The molecule has 0 unspecified atom stereocenters. The van der Waals surface area contributed by atoms with Crippen LogP contribution in [0, 0.1) is 0 Å². The molecule has 0 atom stereocenters. The molecule has 0 aliphatic carbocycles. The molecule has 1 aliphatic rings. The number of fused-ring (bicyclic) bond motifs is 1. The van der Waals surface area contributed by atoms with Gasteiger partial charge in [0.2, 0.25) is 0 Å². The monoisotopic (exact) mass is 499 g/mol. The molecule has 0 bridgehead atoms. The Bertz CT molecular complexity index is 1330. The number of amides is 1. The van der Waals surface area contributed by atoms with Crippen molar-refractivity contribution < 1.29 is 14.3 Å². The number of benzene rings is 3. The summed E-state index contributed by atoms with van der Waals surface area (Å²) in [5, 5.41) is 2.91. The Morgan fingerprint density at radius 2 is 1.57 bits per heavy atom. The first-order chi connectivity index (χ1) is 18.1. The Kier molecular flexibility index (Phi) is 7.67. The number of anilines is 1. The van der Waals surface area contributed by atoms with Crippen LogP contribution in [-0.2, 0) is 24.9 Å². The lowest BCUT2D eigenvalue weighted by atomic mass is 10.2. The number of carbonyl (C=O) groups excluding carboxylic acids is 1. The maximum Gasteiger partial charge on any atom is 0.262 e. The average Bonchev–Trinajstić information content (AvgIpc) is 3.23. The van der Waals surface area contributed by atoms with Gasteiger partial charge >= 0.3 is 0 Å². The summed E-state index contributed by atoms with van der Waals surface area (Å²) in [6.07, 6.45) is 0. The highest BCUT2D eigenvalue weighted by Crippen LogP contribution is 2.22. The first kappa shape index (κ1) is 24.8. The number of methoxy groups -OCH3 is 1. The minimum Gasteiger partial charge on any atom is -0.497 e. The molecule has 1 saturated heterocycles. The molecule has 0 spiro atoms. The van der Waals surface area contributed by atoms with E-state index in [0.717, 1.165) is 61.9 Å². The van der Waals surface area contributed by atoms with Crippen LogP contribution in [0.1, 0.15) is 11.4 Å². The summed E-state index contributed by atoms with van der Waals surface area (Å²) in [6.45, 7) is 5.87. The van der Waals surface area contributed by atoms with E-state index in [2.05, 4.69) is 57.1 Å². The lowest BCUT2D eigenvalue weighted by Crippen LogP contribution is -2.45. The van der Waals surface area contributed by atoms with Gasteiger partial charge in [0.05, 0.1) is 24.7 Å². The third-order valence-corrected chi connectivity index (χ3v) is 6.77.